The zero-order valence-electron chi connectivity index (χ0n) is 25.9. The van der Waals surface area contributed by atoms with Crippen molar-refractivity contribution in [2.45, 2.75) is 37.8 Å². The third-order valence-corrected chi connectivity index (χ3v) is 9.77. The summed E-state index contributed by atoms with van der Waals surface area (Å²) in [6, 6.07) is 27.7. The Bertz CT molecular complexity index is 1740. The Labute approximate surface area is 280 Å². The molecule has 1 N–H and O–H groups in total. The molecule has 0 bridgehead atoms. The Hall–Kier alpha value is -4.05. The van der Waals surface area contributed by atoms with Crippen LogP contribution in [0.4, 0.5) is 5.69 Å². The van der Waals surface area contributed by atoms with E-state index in [2.05, 4.69) is 5.32 Å². The van der Waals surface area contributed by atoms with Crippen molar-refractivity contribution in [1.82, 2.24) is 10.2 Å². The molecule has 0 saturated carbocycles. The molecular weight excluding hydrogens is 645 g/mol. The second-order valence-corrected chi connectivity index (χ2v) is 13.8. The molecule has 0 aliphatic rings. The van der Waals surface area contributed by atoms with E-state index in [4.69, 9.17) is 27.9 Å². The van der Waals surface area contributed by atoms with Gasteiger partial charge in [-0.2, -0.15) is 0 Å². The van der Waals surface area contributed by atoms with Crippen LogP contribution in [0.25, 0.3) is 0 Å². The summed E-state index contributed by atoms with van der Waals surface area (Å²) < 4.78 is 34.6. The van der Waals surface area contributed by atoms with E-state index < -0.39 is 28.5 Å². The van der Waals surface area contributed by atoms with Crippen molar-refractivity contribution in [3.8, 4) is 5.75 Å². The molecule has 0 aromatic heterocycles. The summed E-state index contributed by atoms with van der Waals surface area (Å²) in [6.07, 6.45) is 0.197. The summed E-state index contributed by atoms with van der Waals surface area (Å²) in [5, 5.41) is 3.61. The first-order chi connectivity index (χ1) is 22.0. The van der Waals surface area contributed by atoms with Crippen molar-refractivity contribution in [1.29, 1.82) is 0 Å². The average molecular weight is 683 g/mol. The molecule has 46 heavy (non-hydrogen) atoms. The molecule has 4 aromatic rings. The van der Waals surface area contributed by atoms with Gasteiger partial charge in [-0.25, -0.2) is 8.42 Å². The number of ether oxygens (including phenoxy) is 1. The van der Waals surface area contributed by atoms with Crippen molar-refractivity contribution in [2.24, 2.45) is 5.92 Å². The molecule has 2 amide bonds. The van der Waals surface area contributed by atoms with Crippen LogP contribution in [-0.2, 0) is 32.6 Å². The van der Waals surface area contributed by atoms with Crippen molar-refractivity contribution in [3.05, 3.63) is 124 Å². The van der Waals surface area contributed by atoms with E-state index in [0.717, 1.165) is 9.87 Å². The number of hydrogen-bond donors (Lipinski definition) is 1. The zero-order valence-corrected chi connectivity index (χ0v) is 28.2. The molecule has 1 unspecified atom stereocenters. The van der Waals surface area contributed by atoms with Gasteiger partial charge < -0.3 is 15.0 Å². The maximum absolute atomic E-state index is 14.5. The standard InChI is InChI=1S/C35H37Cl2N3O5S/c1-25(2)22-38-35(42)33(20-26-11-6-4-7-12-26)39(23-27-17-18-31(36)32(37)19-27)34(41)24-40(28-13-10-14-29(21-28)45-3)46(43,44)30-15-8-5-9-16-30/h4-19,21,25,33H,20,22-24H2,1-3H3,(H,38,42). The summed E-state index contributed by atoms with van der Waals surface area (Å²) in [4.78, 5) is 29.8. The highest BCUT2D eigenvalue weighted by molar-refractivity contribution is 7.92. The fraction of sp³-hybridized carbons (Fsp3) is 0.257. The summed E-state index contributed by atoms with van der Waals surface area (Å²) in [5.41, 5.74) is 1.69. The van der Waals surface area contributed by atoms with E-state index in [9.17, 15) is 18.0 Å². The van der Waals surface area contributed by atoms with Gasteiger partial charge in [0.15, 0.2) is 0 Å². The number of carbonyl (C=O) groups is 2. The molecule has 4 rings (SSSR count). The minimum Gasteiger partial charge on any atom is -0.497 e. The van der Waals surface area contributed by atoms with E-state index in [1.165, 1.54) is 24.1 Å². The smallest absolute Gasteiger partial charge is 0.264 e. The fourth-order valence-electron chi connectivity index (χ4n) is 4.83. The molecular formula is C35H37Cl2N3O5S. The number of halogens is 2. The highest BCUT2D eigenvalue weighted by Crippen LogP contribution is 2.29. The second-order valence-electron chi connectivity index (χ2n) is 11.1. The third-order valence-electron chi connectivity index (χ3n) is 7.24. The molecule has 0 radical (unpaired) electrons. The van der Waals surface area contributed by atoms with E-state index in [-0.39, 0.29) is 35.4 Å². The van der Waals surface area contributed by atoms with E-state index in [1.807, 2.05) is 44.2 Å². The molecule has 0 spiro atoms. The number of carbonyl (C=O) groups excluding carboxylic acids is 2. The Morgan fingerprint density at radius 1 is 0.826 bits per heavy atom. The fourth-order valence-corrected chi connectivity index (χ4v) is 6.57. The minimum absolute atomic E-state index is 0.0113. The van der Waals surface area contributed by atoms with Crippen LogP contribution >= 0.6 is 23.2 Å². The SMILES string of the molecule is COc1cccc(N(CC(=O)N(Cc2ccc(Cl)c(Cl)c2)C(Cc2ccccc2)C(=O)NCC(C)C)S(=O)(=O)c2ccccc2)c1. The molecule has 242 valence electrons. The third kappa shape index (κ3) is 9.02. The first-order valence-electron chi connectivity index (χ1n) is 14.8. The number of hydrogen-bond acceptors (Lipinski definition) is 5. The van der Waals surface area contributed by atoms with Gasteiger partial charge in [-0.3, -0.25) is 13.9 Å². The van der Waals surface area contributed by atoms with Crippen molar-refractivity contribution in [3.63, 3.8) is 0 Å². The Morgan fingerprint density at radius 2 is 1.50 bits per heavy atom. The number of nitrogens with zero attached hydrogens (tertiary/aromatic N) is 2. The lowest BCUT2D eigenvalue weighted by molar-refractivity contribution is -0.140. The van der Waals surface area contributed by atoms with Gasteiger partial charge in [-0.05, 0) is 53.4 Å². The summed E-state index contributed by atoms with van der Waals surface area (Å²) in [6.45, 7) is 3.74. The quantitative estimate of drug-likeness (QED) is 0.162. The summed E-state index contributed by atoms with van der Waals surface area (Å²) in [5.74, 6) is -0.361. The normalized spacial score (nSPS) is 12.0. The topological polar surface area (TPSA) is 96.0 Å². The molecule has 0 saturated heterocycles. The van der Waals surface area contributed by atoms with E-state index in [1.54, 1.807) is 60.7 Å². The first-order valence-corrected chi connectivity index (χ1v) is 17.0. The lowest BCUT2D eigenvalue weighted by atomic mass is 10.0. The minimum atomic E-state index is -4.23. The van der Waals surface area contributed by atoms with Gasteiger partial charge in [-0.1, -0.05) is 97.7 Å². The van der Waals surface area contributed by atoms with Gasteiger partial charge in [0.2, 0.25) is 11.8 Å². The van der Waals surface area contributed by atoms with Crippen LogP contribution in [0.3, 0.4) is 0 Å². The Morgan fingerprint density at radius 3 is 2.13 bits per heavy atom. The van der Waals surface area contributed by atoms with Gasteiger partial charge >= 0.3 is 0 Å². The molecule has 11 heteroatoms. The van der Waals surface area contributed by atoms with E-state index >= 15 is 0 Å². The van der Waals surface area contributed by atoms with Crippen molar-refractivity contribution in [2.75, 3.05) is 24.5 Å². The number of nitrogens with one attached hydrogen (secondary N) is 1. The number of methoxy groups -OCH3 is 1. The van der Waals surface area contributed by atoms with Crippen molar-refractivity contribution < 1.29 is 22.7 Å². The maximum Gasteiger partial charge on any atom is 0.264 e. The summed E-state index contributed by atoms with van der Waals surface area (Å²) >= 11 is 12.5. The molecule has 0 aliphatic heterocycles. The van der Waals surface area contributed by atoms with Crippen molar-refractivity contribution >= 4 is 50.7 Å². The molecule has 0 fully saturated rings. The van der Waals surface area contributed by atoms with Crippen LogP contribution in [0.15, 0.2) is 108 Å². The van der Waals surface area contributed by atoms with Gasteiger partial charge in [0.05, 0.1) is 27.7 Å². The van der Waals surface area contributed by atoms with Crippen LogP contribution in [0.1, 0.15) is 25.0 Å². The van der Waals surface area contributed by atoms with E-state index in [0.29, 0.717) is 27.9 Å². The zero-order chi connectivity index (χ0) is 33.3. The van der Waals surface area contributed by atoms with Gasteiger partial charge in [0.1, 0.15) is 18.3 Å². The van der Waals surface area contributed by atoms with Crippen LogP contribution in [0.5, 0.6) is 5.75 Å². The average Bonchev–Trinajstić information content (AvgIpc) is 3.06. The largest absolute Gasteiger partial charge is 0.497 e. The molecule has 0 aliphatic carbocycles. The number of anilines is 1. The lowest BCUT2D eigenvalue weighted by Gasteiger charge is -2.34. The second kappa shape index (κ2) is 16.0. The highest BCUT2D eigenvalue weighted by Gasteiger charge is 2.35. The van der Waals surface area contributed by atoms with Crippen LogP contribution in [0.2, 0.25) is 10.0 Å². The van der Waals surface area contributed by atoms with Gasteiger partial charge in [0, 0.05) is 25.6 Å². The molecule has 1 atom stereocenters. The monoisotopic (exact) mass is 681 g/mol. The van der Waals surface area contributed by atoms with Crippen LogP contribution in [-0.4, -0.2) is 51.4 Å². The first kappa shape index (κ1) is 34.8. The number of amides is 2. The number of rotatable bonds is 14. The van der Waals surface area contributed by atoms with Crippen LogP contribution < -0.4 is 14.4 Å². The lowest BCUT2D eigenvalue weighted by Crippen LogP contribution is -2.53. The maximum atomic E-state index is 14.5. The molecule has 4 aromatic carbocycles. The highest BCUT2D eigenvalue weighted by atomic mass is 35.5. The van der Waals surface area contributed by atoms with Crippen LogP contribution in [0, 0.1) is 5.92 Å². The predicted octanol–water partition coefficient (Wildman–Crippen LogP) is 6.61. The van der Waals surface area contributed by atoms with Gasteiger partial charge in [-0.15, -0.1) is 0 Å². The number of sulfonamides is 1. The number of benzene rings is 4. The summed E-state index contributed by atoms with van der Waals surface area (Å²) in [7, 11) is -2.75. The Balaban J connectivity index is 1.82. The van der Waals surface area contributed by atoms with Gasteiger partial charge in [0.25, 0.3) is 10.0 Å². The predicted molar refractivity (Wildman–Crippen MR) is 183 cm³/mol. The molecule has 8 nitrogen and oxygen atoms in total. The Kier molecular flexibility index (Phi) is 12.1. The molecule has 0 heterocycles.